The summed E-state index contributed by atoms with van der Waals surface area (Å²) in [5, 5.41) is 0. The van der Waals surface area contributed by atoms with Gasteiger partial charge in [-0.15, -0.1) is 12.4 Å². The normalized spacial score (nSPS) is 8.50. The minimum Gasteiger partial charge on any atom is -0.428 e. The Hall–Kier alpha value is -0.960. The number of anilines is 1. The maximum atomic E-state index is 10.5. The molecule has 0 radical (unpaired) electrons. The van der Waals surface area contributed by atoms with Crippen molar-refractivity contribution >= 4 is 18.1 Å². The highest BCUT2D eigenvalue weighted by Gasteiger charge is 1.90. The lowest BCUT2D eigenvalue weighted by Crippen LogP contribution is -1.99. The van der Waals surface area contributed by atoms with Crippen molar-refractivity contribution in [2.24, 2.45) is 0 Å². The van der Waals surface area contributed by atoms with Crippen molar-refractivity contribution in [2.75, 3.05) is 5.73 Å². The SMILES string of the molecule is Cc1cc(N)cc(=O)o1.Cl. The first-order valence-corrected chi connectivity index (χ1v) is 2.56. The molecule has 0 saturated carbocycles. The lowest BCUT2D eigenvalue weighted by atomic mass is 10.4. The van der Waals surface area contributed by atoms with E-state index in [1.807, 2.05) is 0 Å². The van der Waals surface area contributed by atoms with Crippen LogP contribution < -0.4 is 11.4 Å². The molecule has 0 bridgehead atoms. The summed E-state index contributed by atoms with van der Waals surface area (Å²) in [6, 6.07) is 2.84. The molecule has 1 heterocycles. The molecule has 0 aliphatic carbocycles. The van der Waals surface area contributed by atoms with E-state index in [1.165, 1.54) is 6.07 Å². The molecule has 0 atom stereocenters. The Morgan fingerprint density at radius 1 is 1.50 bits per heavy atom. The number of aryl methyl sites for hydroxylation is 1. The molecule has 1 rings (SSSR count). The van der Waals surface area contributed by atoms with Gasteiger partial charge in [-0.3, -0.25) is 0 Å². The third-order valence-corrected chi connectivity index (χ3v) is 0.916. The second-order valence-corrected chi connectivity index (χ2v) is 1.82. The minimum absolute atomic E-state index is 0. The summed E-state index contributed by atoms with van der Waals surface area (Å²) in [6.07, 6.45) is 0. The smallest absolute Gasteiger partial charge is 0.337 e. The maximum Gasteiger partial charge on any atom is 0.337 e. The Labute approximate surface area is 64.3 Å². The van der Waals surface area contributed by atoms with Gasteiger partial charge in [-0.2, -0.15) is 0 Å². The summed E-state index contributed by atoms with van der Waals surface area (Å²) in [5.41, 5.74) is 5.35. The Morgan fingerprint density at radius 2 is 2.10 bits per heavy atom. The third-order valence-electron chi connectivity index (χ3n) is 0.916. The zero-order valence-corrected chi connectivity index (χ0v) is 6.27. The quantitative estimate of drug-likeness (QED) is 0.617. The standard InChI is InChI=1S/C6H7NO2.ClH/c1-4-2-5(7)3-6(8)9-4;/h2-3H,7H2,1H3;1H. The molecule has 0 spiro atoms. The van der Waals surface area contributed by atoms with Crippen molar-refractivity contribution in [3.63, 3.8) is 0 Å². The first-order chi connectivity index (χ1) is 4.18. The van der Waals surface area contributed by atoms with Gasteiger partial charge in [-0.25, -0.2) is 4.79 Å². The van der Waals surface area contributed by atoms with Gasteiger partial charge in [0.25, 0.3) is 0 Å². The average molecular weight is 162 g/mol. The third kappa shape index (κ3) is 2.11. The van der Waals surface area contributed by atoms with Crippen LogP contribution in [0.4, 0.5) is 5.69 Å². The summed E-state index contributed by atoms with van der Waals surface area (Å²) in [6.45, 7) is 1.68. The summed E-state index contributed by atoms with van der Waals surface area (Å²) >= 11 is 0. The highest BCUT2D eigenvalue weighted by atomic mass is 35.5. The van der Waals surface area contributed by atoms with E-state index in [1.54, 1.807) is 13.0 Å². The summed E-state index contributed by atoms with van der Waals surface area (Å²) in [5.74, 6) is 0.542. The molecule has 0 aromatic carbocycles. The molecular formula is C6H8ClNO2. The van der Waals surface area contributed by atoms with Crippen LogP contribution in [0, 0.1) is 6.92 Å². The molecule has 4 heteroatoms. The van der Waals surface area contributed by atoms with Crippen LogP contribution in [0.25, 0.3) is 0 Å². The Bertz CT molecular complexity index is 245. The predicted molar refractivity (Wildman–Crippen MR) is 41.4 cm³/mol. The maximum absolute atomic E-state index is 10.5. The van der Waals surface area contributed by atoms with Gasteiger partial charge in [0, 0.05) is 11.8 Å². The van der Waals surface area contributed by atoms with E-state index in [-0.39, 0.29) is 12.4 Å². The van der Waals surface area contributed by atoms with Crippen LogP contribution in [0.5, 0.6) is 0 Å². The van der Waals surface area contributed by atoms with E-state index in [0.717, 1.165) is 0 Å². The first-order valence-electron chi connectivity index (χ1n) is 2.56. The van der Waals surface area contributed by atoms with Crippen LogP contribution in [0.3, 0.4) is 0 Å². The molecule has 1 aromatic rings. The highest BCUT2D eigenvalue weighted by Crippen LogP contribution is 1.98. The average Bonchev–Trinajstić information content (AvgIpc) is 1.59. The molecule has 2 N–H and O–H groups in total. The molecule has 1 aromatic heterocycles. The summed E-state index contributed by atoms with van der Waals surface area (Å²) in [7, 11) is 0. The van der Waals surface area contributed by atoms with E-state index in [9.17, 15) is 4.79 Å². The van der Waals surface area contributed by atoms with Crippen molar-refractivity contribution in [2.45, 2.75) is 6.92 Å². The molecule has 0 aliphatic heterocycles. The van der Waals surface area contributed by atoms with E-state index >= 15 is 0 Å². The van der Waals surface area contributed by atoms with E-state index < -0.39 is 5.63 Å². The highest BCUT2D eigenvalue weighted by molar-refractivity contribution is 5.85. The molecule has 3 nitrogen and oxygen atoms in total. The van der Waals surface area contributed by atoms with Crippen LogP contribution in [-0.4, -0.2) is 0 Å². The molecule has 0 unspecified atom stereocenters. The van der Waals surface area contributed by atoms with Gasteiger partial charge in [0.1, 0.15) is 5.76 Å². The molecule has 0 amide bonds. The monoisotopic (exact) mass is 161 g/mol. The first kappa shape index (κ1) is 9.04. The van der Waals surface area contributed by atoms with Gasteiger partial charge < -0.3 is 10.2 Å². The summed E-state index contributed by atoms with van der Waals surface area (Å²) < 4.78 is 4.62. The molecule has 10 heavy (non-hydrogen) atoms. The predicted octanol–water partition coefficient (Wildman–Crippen LogP) is 0.952. The number of rotatable bonds is 0. The van der Waals surface area contributed by atoms with Crippen LogP contribution in [0.2, 0.25) is 0 Å². The van der Waals surface area contributed by atoms with Crippen LogP contribution >= 0.6 is 12.4 Å². The van der Waals surface area contributed by atoms with Crippen molar-refractivity contribution in [3.05, 3.63) is 28.3 Å². The number of hydrogen-bond acceptors (Lipinski definition) is 3. The van der Waals surface area contributed by atoms with Crippen molar-refractivity contribution in [1.82, 2.24) is 0 Å². The molecule has 0 fully saturated rings. The fourth-order valence-electron chi connectivity index (χ4n) is 0.630. The zero-order valence-electron chi connectivity index (χ0n) is 5.46. The van der Waals surface area contributed by atoms with Gasteiger partial charge in [-0.05, 0) is 13.0 Å². The van der Waals surface area contributed by atoms with Crippen molar-refractivity contribution < 1.29 is 4.42 Å². The van der Waals surface area contributed by atoms with Crippen molar-refractivity contribution in [1.29, 1.82) is 0 Å². The second kappa shape index (κ2) is 3.27. The van der Waals surface area contributed by atoms with Gasteiger partial charge in [0.15, 0.2) is 0 Å². The Morgan fingerprint density at radius 3 is 2.50 bits per heavy atom. The molecular weight excluding hydrogens is 154 g/mol. The molecule has 0 saturated heterocycles. The van der Waals surface area contributed by atoms with Gasteiger partial charge in [0.2, 0.25) is 0 Å². The largest absolute Gasteiger partial charge is 0.428 e. The number of nitrogens with two attached hydrogens (primary N) is 1. The lowest BCUT2D eigenvalue weighted by molar-refractivity contribution is 0.481. The molecule has 56 valence electrons. The Balaban J connectivity index is 0.000000810. The van der Waals surface area contributed by atoms with Gasteiger partial charge in [0.05, 0.1) is 0 Å². The zero-order chi connectivity index (χ0) is 6.85. The van der Waals surface area contributed by atoms with Crippen LogP contribution in [0.15, 0.2) is 21.3 Å². The second-order valence-electron chi connectivity index (χ2n) is 1.82. The molecule has 0 aliphatic rings. The van der Waals surface area contributed by atoms with Crippen LogP contribution in [-0.2, 0) is 0 Å². The fraction of sp³-hybridized carbons (Fsp3) is 0.167. The number of nitrogen functional groups attached to an aromatic ring is 1. The minimum atomic E-state index is -0.396. The topological polar surface area (TPSA) is 56.2 Å². The Kier molecular flexibility index (Phi) is 2.96. The van der Waals surface area contributed by atoms with E-state index in [2.05, 4.69) is 4.42 Å². The summed E-state index contributed by atoms with van der Waals surface area (Å²) in [4.78, 5) is 10.5. The fourth-order valence-corrected chi connectivity index (χ4v) is 0.630. The van der Waals surface area contributed by atoms with Crippen LogP contribution in [0.1, 0.15) is 5.76 Å². The van der Waals surface area contributed by atoms with Gasteiger partial charge in [-0.1, -0.05) is 0 Å². The number of hydrogen-bond donors (Lipinski definition) is 1. The van der Waals surface area contributed by atoms with E-state index in [4.69, 9.17) is 5.73 Å². The lowest BCUT2D eigenvalue weighted by Gasteiger charge is -1.90. The van der Waals surface area contributed by atoms with Gasteiger partial charge >= 0.3 is 5.63 Å². The van der Waals surface area contributed by atoms with E-state index in [0.29, 0.717) is 11.4 Å². The van der Waals surface area contributed by atoms with Crippen molar-refractivity contribution in [3.8, 4) is 0 Å². The number of halogens is 1.